The highest BCUT2D eigenvalue weighted by atomic mass is 32.1. The van der Waals surface area contributed by atoms with Crippen LogP contribution in [0.4, 0.5) is 0 Å². The molecule has 3 heterocycles. The number of thiophene rings is 1. The molecule has 0 saturated carbocycles. The predicted molar refractivity (Wildman–Crippen MR) is 298 cm³/mol. The van der Waals surface area contributed by atoms with Crippen LogP contribution in [0, 0.1) is 0 Å². The number of aromatic nitrogens is 1. The van der Waals surface area contributed by atoms with Crippen LogP contribution >= 0.6 is 11.3 Å². The quantitative estimate of drug-likeness (QED) is 0.156. The summed E-state index contributed by atoms with van der Waals surface area (Å²) in [4.78, 5) is 10.5. The zero-order chi connectivity index (χ0) is 47.0. The van der Waals surface area contributed by atoms with Crippen LogP contribution in [-0.2, 0) is 0 Å². The molecule has 2 aliphatic carbocycles. The molecule has 2 nitrogen and oxygen atoms in total. The van der Waals surface area contributed by atoms with Crippen molar-refractivity contribution in [3.63, 3.8) is 0 Å². The summed E-state index contributed by atoms with van der Waals surface area (Å²) in [6.45, 7) is 2.21. The highest BCUT2D eigenvalue weighted by molar-refractivity contribution is 7.25. The minimum absolute atomic E-state index is 0.111. The first-order valence-electron chi connectivity index (χ1n) is 24.7. The third-order valence-corrected chi connectivity index (χ3v) is 16.3. The average molecular weight is 923 g/mol. The number of benzene rings is 9. The van der Waals surface area contributed by atoms with Gasteiger partial charge in [0.2, 0.25) is 0 Å². The van der Waals surface area contributed by atoms with E-state index in [1.807, 2.05) is 17.5 Å². The summed E-state index contributed by atoms with van der Waals surface area (Å²) in [5, 5.41) is 2.46. The van der Waals surface area contributed by atoms with Gasteiger partial charge in [-0.2, -0.15) is 0 Å². The first kappa shape index (κ1) is 41.5. The lowest BCUT2D eigenvalue weighted by molar-refractivity contribution is 1.01. The van der Waals surface area contributed by atoms with Gasteiger partial charge in [-0.1, -0.05) is 200 Å². The predicted octanol–water partition coefficient (Wildman–Crippen LogP) is 17.8. The monoisotopic (exact) mass is 922 g/mol. The van der Waals surface area contributed by atoms with Crippen LogP contribution in [0.15, 0.2) is 247 Å². The molecule has 1 aliphatic heterocycles. The molecule has 9 aromatic carbocycles. The average Bonchev–Trinajstić information content (AvgIpc) is 4.05. The molecule has 3 heteroatoms. The van der Waals surface area contributed by atoms with Crippen molar-refractivity contribution in [1.29, 1.82) is 0 Å². The summed E-state index contributed by atoms with van der Waals surface area (Å²) >= 11 is 1.85. The van der Waals surface area contributed by atoms with Crippen LogP contribution in [0.3, 0.4) is 0 Å². The molecular weight excluding hydrogens is 877 g/mol. The number of pyridine rings is 1. The number of rotatable bonds is 7. The van der Waals surface area contributed by atoms with Crippen LogP contribution in [0.25, 0.3) is 76.1 Å². The molecule has 0 radical (unpaired) electrons. The summed E-state index contributed by atoms with van der Waals surface area (Å²) in [5.74, 6) is 0.351. The van der Waals surface area contributed by atoms with Crippen LogP contribution in [-0.4, -0.2) is 10.7 Å². The van der Waals surface area contributed by atoms with Crippen molar-refractivity contribution in [1.82, 2.24) is 4.98 Å². The Labute approximate surface area is 418 Å². The summed E-state index contributed by atoms with van der Waals surface area (Å²) in [6.07, 6.45) is 5.07. The fraction of sp³-hybridized carbons (Fsp3) is 0.0588. The first-order valence-corrected chi connectivity index (χ1v) is 25.5. The molecule has 334 valence electrons. The number of hydrogen-bond acceptors (Lipinski definition) is 3. The van der Waals surface area contributed by atoms with E-state index in [4.69, 9.17) is 9.98 Å². The van der Waals surface area contributed by atoms with E-state index >= 15 is 0 Å². The number of nitrogens with zero attached hydrogens (tertiary/aromatic N) is 2. The summed E-state index contributed by atoms with van der Waals surface area (Å²) in [7, 11) is 0. The van der Waals surface area contributed by atoms with E-state index in [9.17, 15) is 0 Å². The van der Waals surface area contributed by atoms with E-state index in [1.165, 1.54) is 104 Å². The molecule has 0 bridgehead atoms. The molecule has 11 aromatic rings. The van der Waals surface area contributed by atoms with Gasteiger partial charge in [0.15, 0.2) is 0 Å². The highest BCUT2D eigenvalue weighted by Gasteiger charge is 2.33. The third-order valence-electron chi connectivity index (χ3n) is 15.2. The van der Waals surface area contributed by atoms with E-state index in [2.05, 4.69) is 237 Å². The van der Waals surface area contributed by atoms with Crippen molar-refractivity contribution in [3.05, 3.63) is 292 Å². The molecule has 2 unspecified atom stereocenters. The van der Waals surface area contributed by atoms with Crippen LogP contribution in [0.2, 0.25) is 0 Å². The maximum atomic E-state index is 5.42. The normalized spacial score (nSPS) is 15.7. The van der Waals surface area contributed by atoms with Gasteiger partial charge >= 0.3 is 0 Å². The molecule has 0 N–H and O–H groups in total. The Hall–Kier alpha value is -8.50. The second-order valence-electron chi connectivity index (χ2n) is 19.1. The van der Waals surface area contributed by atoms with E-state index in [-0.39, 0.29) is 11.8 Å². The summed E-state index contributed by atoms with van der Waals surface area (Å²) in [5.41, 5.74) is 25.9. The Morgan fingerprint density at radius 2 is 0.972 bits per heavy atom. The van der Waals surface area contributed by atoms with Gasteiger partial charge in [0.1, 0.15) is 0 Å². The molecule has 2 aromatic heterocycles. The fourth-order valence-corrected chi connectivity index (χ4v) is 12.9. The van der Waals surface area contributed by atoms with Crippen molar-refractivity contribution < 1.29 is 0 Å². The largest absolute Gasteiger partial charge is 0.256 e. The molecule has 2 atom stereocenters. The second kappa shape index (κ2) is 16.9. The number of allylic oxidation sites excluding steroid dienone is 3. The molecule has 0 spiro atoms. The number of fused-ring (bicyclic) bond motifs is 9. The fourth-order valence-electron chi connectivity index (χ4n) is 11.8. The molecule has 14 rings (SSSR count). The summed E-state index contributed by atoms with van der Waals surface area (Å²) in [6, 6.07) is 82.8. The van der Waals surface area contributed by atoms with Crippen molar-refractivity contribution in [2.75, 3.05) is 0 Å². The lowest BCUT2D eigenvalue weighted by Crippen LogP contribution is -1.99. The van der Waals surface area contributed by atoms with E-state index in [0.717, 1.165) is 40.2 Å². The molecule has 0 fully saturated rings. The smallest absolute Gasteiger partial charge is 0.0795 e. The second-order valence-corrected chi connectivity index (χ2v) is 20.2. The van der Waals surface area contributed by atoms with Gasteiger partial charge in [0, 0.05) is 55.8 Å². The zero-order valence-electron chi connectivity index (χ0n) is 39.2. The molecule has 0 amide bonds. The zero-order valence-corrected chi connectivity index (χ0v) is 40.0. The lowest BCUT2D eigenvalue weighted by atomic mass is 9.87. The van der Waals surface area contributed by atoms with Crippen molar-refractivity contribution in [2.45, 2.75) is 25.2 Å². The Balaban J connectivity index is 0.833. The van der Waals surface area contributed by atoms with Crippen molar-refractivity contribution >= 4 is 48.5 Å². The van der Waals surface area contributed by atoms with E-state index in [1.54, 1.807) is 0 Å². The van der Waals surface area contributed by atoms with Gasteiger partial charge in [0.25, 0.3) is 0 Å². The lowest BCUT2D eigenvalue weighted by Gasteiger charge is -2.16. The topological polar surface area (TPSA) is 25.2 Å². The summed E-state index contributed by atoms with van der Waals surface area (Å²) < 4.78 is 2.51. The van der Waals surface area contributed by atoms with E-state index in [0.29, 0.717) is 0 Å². The van der Waals surface area contributed by atoms with Gasteiger partial charge in [-0.25, -0.2) is 0 Å². The SMILES string of the molecule is CC1=C(c2ccc(-c3nccc4sc5ccc(C6c7ccccc7-c7cc(-c8ccc9c(c8)-c8ccccc8C9c8ccccc8)ccc76)cc5c34)cc2)N=C(c2ccccc2)CC=C1c1ccccc1. The Kier molecular flexibility index (Phi) is 9.86. The molecule has 3 aliphatic rings. The Morgan fingerprint density at radius 3 is 1.63 bits per heavy atom. The minimum atomic E-state index is 0.111. The first-order chi connectivity index (χ1) is 35.1. The minimum Gasteiger partial charge on any atom is -0.256 e. The van der Waals surface area contributed by atoms with Crippen LogP contribution in [0.5, 0.6) is 0 Å². The van der Waals surface area contributed by atoms with Crippen LogP contribution in [0.1, 0.15) is 75.3 Å². The Bertz CT molecular complexity index is 4010. The van der Waals surface area contributed by atoms with Gasteiger partial charge in [-0.05, 0) is 126 Å². The van der Waals surface area contributed by atoms with E-state index < -0.39 is 0 Å². The van der Waals surface area contributed by atoms with Gasteiger partial charge in [-0.15, -0.1) is 11.3 Å². The van der Waals surface area contributed by atoms with Gasteiger partial charge in [-0.3, -0.25) is 9.98 Å². The number of aliphatic imine (C=N–C) groups is 1. The van der Waals surface area contributed by atoms with Crippen LogP contribution < -0.4 is 0 Å². The molecular formula is C68H46N2S. The third kappa shape index (κ3) is 6.91. The van der Waals surface area contributed by atoms with Crippen molar-refractivity contribution in [2.24, 2.45) is 4.99 Å². The van der Waals surface area contributed by atoms with Gasteiger partial charge in [0.05, 0.1) is 17.1 Å². The maximum Gasteiger partial charge on any atom is 0.0795 e. The molecule has 0 saturated heterocycles. The standard InChI is InChI=1S/C68H46N2S/c1-42-51(43-15-5-2-6-16-43)34-35-61(44-17-7-3-8-18-44)70-67(42)46-25-27-47(28-26-46)68-66-60-41-50(31-36-62(60)71-63(66)37-38-69-68)65-55-24-14-12-22-53(55)59-40-49(30-33-57(59)65)48-29-32-56-58(39-48)52-21-11-13-23-54(52)64(56)45-19-9-4-10-20-45/h2-34,36-41,64-65H,35H2,1H3. The Morgan fingerprint density at radius 1 is 0.423 bits per heavy atom. The number of hydrogen-bond donors (Lipinski definition) is 0. The van der Waals surface area contributed by atoms with Gasteiger partial charge < -0.3 is 0 Å². The highest BCUT2D eigenvalue weighted by Crippen LogP contribution is 2.52. The van der Waals surface area contributed by atoms with Crippen molar-refractivity contribution in [3.8, 4) is 44.6 Å². The maximum absolute atomic E-state index is 5.42. The molecule has 71 heavy (non-hydrogen) atoms.